The summed E-state index contributed by atoms with van der Waals surface area (Å²) in [6.07, 6.45) is 0. The van der Waals surface area contributed by atoms with Crippen molar-refractivity contribution >= 4 is 29.2 Å². The maximum Gasteiger partial charge on any atom is 0.341 e. The first kappa shape index (κ1) is 13.2. The van der Waals surface area contributed by atoms with E-state index in [4.69, 9.17) is 17.3 Å². The van der Waals surface area contributed by atoms with Gasteiger partial charge in [0, 0.05) is 0 Å². The van der Waals surface area contributed by atoms with Gasteiger partial charge in [-0.25, -0.2) is 14.6 Å². The molecule has 1 aromatic rings. The monoisotopic (exact) mass is 258 g/mol. The van der Waals surface area contributed by atoms with Crippen LogP contribution in [0, 0.1) is 6.92 Å². The Labute approximate surface area is 103 Å². The van der Waals surface area contributed by atoms with E-state index in [9.17, 15) is 9.59 Å². The standard InChI is InChI=1S/C10H11ClN2O4/c1-4-7(12)5(9(14)16-2)6(8(11)13-4)10(15)17-3/h12H2,1-3H3. The van der Waals surface area contributed by atoms with Gasteiger partial charge in [-0.2, -0.15) is 0 Å². The number of carbonyl (C=O) groups excluding carboxylic acids is 2. The van der Waals surface area contributed by atoms with Crippen LogP contribution >= 0.6 is 11.6 Å². The molecule has 17 heavy (non-hydrogen) atoms. The fourth-order valence-electron chi connectivity index (χ4n) is 1.28. The molecule has 0 atom stereocenters. The lowest BCUT2D eigenvalue weighted by Gasteiger charge is -2.12. The molecule has 0 aromatic carbocycles. The molecule has 1 rings (SSSR count). The van der Waals surface area contributed by atoms with E-state index in [-0.39, 0.29) is 22.0 Å². The molecule has 1 heterocycles. The maximum absolute atomic E-state index is 11.6. The van der Waals surface area contributed by atoms with Crippen molar-refractivity contribution in [3.8, 4) is 0 Å². The maximum atomic E-state index is 11.6. The fourth-order valence-corrected chi connectivity index (χ4v) is 1.58. The molecule has 0 bridgehead atoms. The van der Waals surface area contributed by atoms with Crippen molar-refractivity contribution in [1.82, 2.24) is 4.98 Å². The SMILES string of the molecule is COC(=O)c1c(Cl)nc(C)c(N)c1C(=O)OC. The first-order valence-electron chi connectivity index (χ1n) is 4.56. The van der Waals surface area contributed by atoms with Gasteiger partial charge < -0.3 is 15.2 Å². The van der Waals surface area contributed by atoms with Crippen LogP contribution in [0.15, 0.2) is 0 Å². The van der Waals surface area contributed by atoms with E-state index < -0.39 is 11.9 Å². The molecule has 0 saturated carbocycles. The molecule has 92 valence electrons. The second-order valence-corrected chi connectivity index (χ2v) is 3.49. The second-order valence-electron chi connectivity index (χ2n) is 3.13. The number of methoxy groups -OCH3 is 2. The highest BCUT2D eigenvalue weighted by Crippen LogP contribution is 2.27. The highest BCUT2D eigenvalue weighted by atomic mass is 35.5. The largest absolute Gasteiger partial charge is 0.465 e. The molecule has 6 nitrogen and oxygen atoms in total. The number of ether oxygens (including phenoxy) is 2. The number of esters is 2. The van der Waals surface area contributed by atoms with Gasteiger partial charge in [0.05, 0.1) is 25.6 Å². The lowest BCUT2D eigenvalue weighted by Crippen LogP contribution is -2.17. The Hall–Kier alpha value is -1.82. The van der Waals surface area contributed by atoms with Crippen molar-refractivity contribution in [1.29, 1.82) is 0 Å². The van der Waals surface area contributed by atoms with Crippen molar-refractivity contribution < 1.29 is 19.1 Å². The summed E-state index contributed by atoms with van der Waals surface area (Å²) in [6.45, 7) is 1.56. The van der Waals surface area contributed by atoms with Gasteiger partial charge in [-0.3, -0.25) is 0 Å². The summed E-state index contributed by atoms with van der Waals surface area (Å²) in [5.41, 5.74) is 5.75. The zero-order valence-corrected chi connectivity index (χ0v) is 10.3. The van der Waals surface area contributed by atoms with Crippen LogP contribution in [0.3, 0.4) is 0 Å². The van der Waals surface area contributed by atoms with E-state index in [0.29, 0.717) is 5.69 Å². The zero-order chi connectivity index (χ0) is 13.2. The molecule has 0 unspecified atom stereocenters. The third-order valence-corrected chi connectivity index (χ3v) is 2.43. The van der Waals surface area contributed by atoms with Gasteiger partial charge in [0.2, 0.25) is 0 Å². The number of aromatic nitrogens is 1. The van der Waals surface area contributed by atoms with E-state index >= 15 is 0 Å². The first-order valence-corrected chi connectivity index (χ1v) is 4.94. The van der Waals surface area contributed by atoms with Crippen LogP contribution in [0.4, 0.5) is 5.69 Å². The van der Waals surface area contributed by atoms with Crippen LogP contribution in [0.25, 0.3) is 0 Å². The lowest BCUT2D eigenvalue weighted by molar-refractivity contribution is 0.0555. The van der Waals surface area contributed by atoms with Crippen LogP contribution < -0.4 is 5.73 Å². The Morgan fingerprint density at radius 3 is 2.12 bits per heavy atom. The summed E-state index contributed by atoms with van der Waals surface area (Å²) in [4.78, 5) is 27.0. The first-order chi connectivity index (χ1) is 7.93. The molecule has 0 radical (unpaired) electrons. The van der Waals surface area contributed by atoms with E-state index in [1.54, 1.807) is 6.92 Å². The summed E-state index contributed by atoms with van der Waals surface area (Å²) in [5, 5.41) is -0.149. The van der Waals surface area contributed by atoms with Crippen LogP contribution in [0.5, 0.6) is 0 Å². The quantitative estimate of drug-likeness (QED) is 0.633. The van der Waals surface area contributed by atoms with Crippen molar-refractivity contribution in [2.75, 3.05) is 20.0 Å². The topological polar surface area (TPSA) is 91.5 Å². The van der Waals surface area contributed by atoms with E-state index in [0.717, 1.165) is 7.11 Å². The predicted octanol–water partition coefficient (Wildman–Crippen LogP) is 1.20. The summed E-state index contributed by atoms with van der Waals surface area (Å²) in [5.74, 6) is -1.56. The molecule has 0 saturated heterocycles. The summed E-state index contributed by atoms with van der Waals surface area (Å²) in [6, 6.07) is 0. The molecule has 2 N–H and O–H groups in total. The zero-order valence-electron chi connectivity index (χ0n) is 9.54. The highest BCUT2D eigenvalue weighted by molar-refractivity contribution is 6.33. The number of hydrogen-bond acceptors (Lipinski definition) is 6. The number of aryl methyl sites for hydroxylation is 1. The van der Waals surface area contributed by atoms with Gasteiger partial charge in [0.1, 0.15) is 16.3 Å². The van der Waals surface area contributed by atoms with Gasteiger partial charge in [0.25, 0.3) is 0 Å². The van der Waals surface area contributed by atoms with Crippen LogP contribution in [-0.4, -0.2) is 31.1 Å². The van der Waals surface area contributed by atoms with Gasteiger partial charge in [-0.05, 0) is 6.92 Å². The molecule has 0 amide bonds. The fraction of sp³-hybridized carbons (Fsp3) is 0.300. The van der Waals surface area contributed by atoms with Gasteiger partial charge in [0.15, 0.2) is 0 Å². The Morgan fingerprint density at radius 1 is 1.18 bits per heavy atom. The number of rotatable bonds is 2. The Kier molecular flexibility index (Phi) is 3.90. The molecule has 0 aliphatic rings. The Balaban J connectivity index is 3.61. The van der Waals surface area contributed by atoms with E-state index in [1.165, 1.54) is 7.11 Å². The molecule has 0 spiro atoms. The molecule has 7 heteroatoms. The third kappa shape index (κ3) is 2.31. The number of hydrogen-bond donors (Lipinski definition) is 1. The Morgan fingerprint density at radius 2 is 1.65 bits per heavy atom. The molecule has 1 aromatic heterocycles. The minimum absolute atomic E-state index is 0.0432. The normalized spacial score (nSPS) is 9.88. The summed E-state index contributed by atoms with van der Waals surface area (Å²) < 4.78 is 9.07. The minimum atomic E-state index is -0.797. The van der Waals surface area contributed by atoms with Crippen LogP contribution in [0.2, 0.25) is 5.15 Å². The van der Waals surface area contributed by atoms with Crippen molar-refractivity contribution in [2.45, 2.75) is 6.92 Å². The van der Waals surface area contributed by atoms with E-state index in [2.05, 4.69) is 14.5 Å². The van der Waals surface area contributed by atoms with E-state index in [1.807, 2.05) is 0 Å². The number of nitrogens with two attached hydrogens (primary N) is 1. The third-order valence-electron chi connectivity index (χ3n) is 2.16. The van der Waals surface area contributed by atoms with Gasteiger partial charge >= 0.3 is 11.9 Å². The number of anilines is 1. The number of carbonyl (C=O) groups is 2. The second kappa shape index (κ2) is 5.01. The number of halogens is 1. The number of pyridine rings is 1. The Bertz CT molecular complexity index is 488. The number of nitrogen functional groups attached to an aromatic ring is 1. The van der Waals surface area contributed by atoms with Crippen molar-refractivity contribution in [2.24, 2.45) is 0 Å². The average Bonchev–Trinajstić information content (AvgIpc) is 2.31. The lowest BCUT2D eigenvalue weighted by atomic mass is 10.1. The molecule has 0 aliphatic heterocycles. The molecular weight excluding hydrogens is 248 g/mol. The van der Waals surface area contributed by atoms with Crippen LogP contribution in [0.1, 0.15) is 26.4 Å². The predicted molar refractivity (Wildman–Crippen MR) is 61.1 cm³/mol. The van der Waals surface area contributed by atoms with Crippen molar-refractivity contribution in [3.05, 3.63) is 22.0 Å². The smallest absolute Gasteiger partial charge is 0.341 e. The van der Waals surface area contributed by atoms with Gasteiger partial charge in [-0.15, -0.1) is 0 Å². The highest BCUT2D eigenvalue weighted by Gasteiger charge is 2.27. The average molecular weight is 259 g/mol. The van der Waals surface area contributed by atoms with Gasteiger partial charge in [-0.1, -0.05) is 11.6 Å². The van der Waals surface area contributed by atoms with Crippen LogP contribution in [-0.2, 0) is 9.47 Å². The molecular formula is C10H11ClN2O4. The minimum Gasteiger partial charge on any atom is -0.465 e. The molecule has 0 aliphatic carbocycles. The number of nitrogens with zero attached hydrogens (tertiary/aromatic N) is 1. The molecule has 0 fully saturated rings. The summed E-state index contributed by atoms with van der Waals surface area (Å²) >= 11 is 5.81. The summed E-state index contributed by atoms with van der Waals surface area (Å²) in [7, 11) is 2.34. The van der Waals surface area contributed by atoms with Crippen molar-refractivity contribution in [3.63, 3.8) is 0 Å².